The summed E-state index contributed by atoms with van der Waals surface area (Å²) >= 11 is 11.7. The van der Waals surface area contributed by atoms with E-state index >= 15 is 0 Å². The number of hydrogen-bond acceptors (Lipinski definition) is 3. The van der Waals surface area contributed by atoms with Crippen LogP contribution in [-0.4, -0.2) is 37.0 Å². The fourth-order valence-corrected chi connectivity index (χ4v) is 4.32. The Bertz CT molecular complexity index is 542. The van der Waals surface area contributed by atoms with Crippen molar-refractivity contribution in [3.8, 4) is 0 Å². The van der Waals surface area contributed by atoms with Gasteiger partial charge in [-0.05, 0) is 36.6 Å². The van der Waals surface area contributed by atoms with Crippen molar-refractivity contribution in [1.29, 1.82) is 0 Å². The molecule has 19 heavy (non-hydrogen) atoms. The molecule has 1 unspecified atom stereocenters. The quantitative estimate of drug-likeness (QED) is 0.928. The molecule has 0 aliphatic carbocycles. The van der Waals surface area contributed by atoms with Crippen LogP contribution in [0, 0.1) is 0 Å². The second-order valence-electron chi connectivity index (χ2n) is 4.69. The molecule has 1 atom stereocenters. The highest BCUT2D eigenvalue weighted by molar-refractivity contribution is 7.88. The molecule has 1 heterocycles. The van der Waals surface area contributed by atoms with Crippen molar-refractivity contribution in [2.45, 2.75) is 24.7 Å². The van der Waals surface area contributed by atoms with Crippen LogP contribution < -0.4 is 0 Å². The molecule has 0 bridgehead atoms. The van der Waals surface area contributed by atoms with Crippen molar-refractivity contribution in [3.05, 3.63) is 33.8 Å². The Morgan fingerprint density at radius 2 is 1.89 bits per heavy atom. The molecule has 1 aliphatic rings. The molecule has 0 aromatic heterocycles. The molecule has 0 radical (unpaired) electrons. The summed E-state index contributed by atoms with van der Waals surface area (Å²) in [6.07, 6.45) is 0.748. The van der Waals surface area contributed by atoms with Crippen LogP contribution in [0.15, 0.2) is 18.2 Å². The largest absolute Gasteiger partial charge is 0.392 e. The van der Waals surface area contributed by atoms with E-state index in [1.807, 2.05) is 0 Å². The lowest BCUT2D eigenvalue weighted by atomic mass is 10.1. The van der Waals surface area contributed by atoms with Crippen LogP contribution >= 0.6 is 23.2 Å². The van der Waals surface area contributed by atoms with Gasteiger partial charge >= 0.3 is 0 Å². The number of nitrogens with zero attached hydrogens (tertiary/aromatic N) is 1. The van der Waals surface area contributed by atoms with Crippen molar-refractivity contribution >= 4 is 33.2 Å². The van der Waals surface area contributed by atoms with Crippen LogP contribution in [0.3, 0.4) is 0 Å². The topological polar surface area (TPSA) is 57.6 Å². The first-order valence-electron chi connectivity index (χ1n) is 5.98. The van der Waals surface area contributed by atoms with Crippen LogP contribution in [0.1, 0.15) is 18.4 Å². The Kier molecular flexibility index (Phi) is 4.74. The summed E-state index contributed by atoms with van der Waals surface area (Å²) in [4.78, 5) is 0. The van der Waals surface area contributed by atoms with Gasteiger partial charge in [-0.15, -0.1) is 0 Å². The minimum atomic E-state index is -3.45. The predicted octanol–water partition coefficient (Wildman–Crippen LogP) is 2.28. The second-order valence-corrected chi connectivity index (χ2v) is 7.53. The van der Waals surface area contributed by atoms with Crippen molar-refractivity contribution in [1.82, 2.24) is 4.31 Å². The van der Waals surface area contributed by atoms with Gasteiger partial charge in [0.1, 0.15) is 0 Å². The van der Waals surface area contributed by atoms with E-state index in [-0.39, 0.29) is 12.3 Å². The molecule has 1 aromatic rings. The maximum Gasteiger partial charge on any atom is 0.218 e. The van der Waals surface area contributed by atoms with Gasteiger partial charge in [0.2, 0.25) is 10.0 Å². The minimum Gasteiger partial charge on any atom is -0.392 e. The number of aliphatic hydroxyl groups excluding tert-OH is 1. The Hall–Kier alpha value is -0.330. The summed E-state index contributed by atoms with van der Waals surface area (Å²) in [6, 6.07) is 4.74. The lowest BCUT2D eigenvalue weighted by Gasteiger charge is -2.29. The Balaban J connectivity index is 2.16. The van der Waals surface area contributed by atoms with Gasteiger partial charge in [0.25, 0.3) is 0 Å². The second kappa shape index (κ2) is 5.97. The summed E-state index contributed by atoms with van der Waals surface area (Å²) in [5, 5.41) is 10.4. The number of β-amino-alcohol motifs (C(OH)–C–C–N with tert-alkyl or cyclic N) is 1. The molecule has 0 spiro atoms. The van der Waals surface area contributed by atoms with Crippen molar-refractivity contribution in [2.24, 2.45) is 0 Å². The van der Waals surface area contributed by atoms with Gasteiger partial charge in [0.15, 0.2) is 0 Å². The lowest BCUT2D eigenvalue weighted by Crippen LogP contribution is -2.42. The van der Waals surface area contributed by atoms with Gasteiger partial charge in [0, 0.05) is 23.1 Å². The van der Waals surface area contributed by atoms with Crippen molar-refractivity contribution in [2.75, 3.05) is 13.1 Å². The maximum atomic E-state index is 12.3. The zero-order valence-electron chi connectivity index (χ0n) is 10.2. The predicted molar refractivity (Wildman–Crippen MR) is 75.9 cm³/mol. The molecule has 4 nitrogen and oxygen atoms in total. The van der Waals surface area contributed by atoms with Crippen molar-refractivity contribution in [3.63, 3.8) is 0 Å². The van der Waals surface area contributed by atoms with Crippen LogP contribution in [0.4, 0.5) is 0 Å². The van der Waals surface area contributed by atoms with E-state index in [0.717, 1.165) is 0 Å². The number of rotatable bonds is 3. The zero-order chi connectivity index (χ0) is 14.0. The third-order valence-electron chi connectivity index (χ3n) is 3.02. The first kappa shape index (κ1) is 15.1. The fourth-order valence-electron chi connectivity index (χ4n) is 2.17. The Morgan fingerprint density at radius 3 is 2.47 bits per heavy atom. The van der Waals surface area contributed by atoms with Gasteiger partial charge < -0.3 is 5.11 Å². The van der Waals surface area contributed by atoms with E-state index in [1.54, 1.807) is 18.2 Å². The molecular formula is C12H15Cl2NO3S. The van der Waals surface area contributed by atoms with E-state index < -0.39 is 16.1 Å². The maximum absolute atomic E-state index is 12.3. The first-order valence-corrected chi connectivity index (χ1v) is 8.34. The SMILES string of the molecule is O=S(=O)(Cc1cc(Cl)cc(Cl)c1)N1CCCC(O)C1. The van der Waals surface area contributed by atoms with E-state index in [2.05, 4.69) is 0 Å². The standard InChI is InChI=1S/C12H15Cl2NO3S/c13-10-4-9(5-11(14)6-10)8-19(17,18)15-3-1-2-12(16)7-15/h4-6,12,16H,1-3,7-8H2. The van der Waals surface area contributed by atoms with Gasteiger partial charge in [-0.2, -0.15) is 4.31 Å². The van der Waals surface area contributed by atoms with Gasteiger partial charge in [-0.1, -0.05) is 23.2 Å². The third kappa shape index (κ3) is 4.07. The van der Waals surface area contributed by atoms with Crippen LogP contribution in [0.25, 0.3) is 0 Å². The zero-order valence-corrected chi connectivity index (χ0v) is 12.5. The molecule has 2 rings (SSSR count). The highest BCUT2D eigenvalue weighted by Gasteiger charge is 2.28. The van der Waals surface area contributed by atoms with E-state index in [0.29, 0.717) is 35.0 Å². The van der Waals surface area contributed by atoms with Crippen LogP contribution in [0.5, 0.6) is 0 Å². The molecule has 7 heteroatoms. The third-order valence-corrected chi connectivity index (χ3v) is 5.28. The van der Waals surface area contributed by atoms with E-state index in [1.165, 1.54) is 4.31 Å². The van der Waals surface area contributed by atoms with Crippen LogP contribution in [-0.2, 0) is 15.8 Å². The molecule has 0 saturated carbocycles. The number of sulfonamides is 1. The highest BCUT2D eigenvalue weighted by Crippen LogP contribution is 2.23. The average Bonchev–Trinajstić information content (AvgIpc) is 2.26. The van der Waals surface area contributed by atoms with E-state index in [4.69, 9.17) is 23.2 Å². The fraction of sp³-hybridized carbons (Fsp3) is 0.500. The summed E-state index contributed by atoms with van der Waals surface area (Å²) < 4.78 is 25.8. The molecule has 1 fully saturated rings. The van der Waals surface area contributed by atoms with Gasteiger partial charge in [-0.25, -0.2) is 8.42 Å². The number of halogens is 2. The Labute approximate surface area is 123 Å². The van der Waals surface area contributed by atoms with Crippen LogP contribution in [0.2, 0.25) is 10.0 Å². The summed E-state index contributed by atoms with van der Waals surface area (Å²) in [7, 11) is -3.45. The minimum absolute atomic E-state index is 0.153. The first-order chi connectivity index (χ1) is 8.87. The number of hydrogen-bond donors (Lipinski definition) is 1. The monoisotopic (exact) mass is 323 g/mol. The molecule has 106 valence electrons. The number of piperidine rings is 1. The number of benzene rings is 1. The van der Waals surface area contributed by atoms with Gasteiger partial charge in [0.05, 0.1) is 11.9 Å². The summed E-state index contributed by atoms with van der Waals surface area (Å²) in [5.74, 6) is -0.153. The summed E-state index contributed by atoms with van der Waals surface area (Å²) in [6.45, 7) is 0.615. The van der Waals surface area contributed by atoms with Crippen molar-refractivity contribution < 1.29 is 13.5 Å². The smallest absolute Gasteiger partial charge is 0.218 e. The van der Waals surface area contributed by atoms with Gasteiger partial charge in [-0.3, -0.25) is 0 Å². The molecule has 1 saturated heterocycles. The Morgan fingerprint density at radius 1 is 1.26 bits per heavy atom. The molecule has 0 amide bonds. The number of aliphatic hydroxyl groups is 1. The summed E-state index contributed by atoms with van der Waals surface area (Å²) in [5.41, 5.74) is 0.553. The normalized spacial score (nSPS) is 21.5. The highest BCUT2D eigenvalue weighted by atomic mass is 35.5. The molecule has 1 N–H and O–H groups in total. The van der Waals surface area contributed by atoms with E-state index in [9.17, 15) is 13.5 Å². The molecule has 1 aromatic carbocycles. The molecular weight excluding hydrogens is 309 g/mol. The molecule has 1 aliphatic heterocycles. The average molecular weight is 324 g/mol. The lowest BCUT2D eigenvalue weighted by molar-refractivity contribution is 0.108.